The van der Waals surface area contributed by atoms with Gasteiger partial charge in [-0.3, -0.25) is 9.59 Å². The van der Waals surface area contributed by atoms with Crippen LogP contribution < -0.4 is 0 Å². The normalized spacial score (nSPS) is 51.3. The summed E-state index contributed by atoms with van der Waals surface area (Å²) in [6, 6.07) is 0. The fraction of sp³-hybridized carbons (Fsp3) is 0.727. The second-order valence-corrected chi connectivity index (χ2v) is 9.72. The van der Waals surface area contributed by atoms with Crippen LogP contribution in [-0.4, -0.2) is 45.2 Å². The van der Waals surface area contributed by atoms with E-state index in [4.69, 9.17) is 0 Å². The number of aliphatic hydroxyl groups excluding tert-OH is 2. The summed E-state index contributed by atoms with van der Waals surface area (Å²) in [5.74, 6) is -0.0768. The molecule has 0 aromatic rings. The Bertz CT molecular complexity index is 754. The molecule has 0 aromatic carbocycles. The van der Waals surface area contributed by atoms with Crippen LogP contribution in [0.2, 0.25) is 0 Å². The van der Waals surface area contributed by atoms with Crippen molar-refractivity contribution in [1.82, 2.24) is 0 Å². The molecule has 0 heterocycles. The number of hydrogen-bond acceptors (Lipinski definition) is 5. The van der Waals surface area contributed by atoms with Crippen LogP contribution in [-0.2, 0) is 9.59 Å². The Hall–Kier alpha value is -1.30. The van der Waals surface area contributed by atoms with E-state index in [-0.39, 0.29) is 34.9 Å². The molecule has 3 N–H and O–H groups in total. The molecule has 4 aliphatic carbocycles. The Labute approximate surface area is 160 Å². The van der Waals surface area contributed by atoms with E-state index in [2.05, 4.69) is 13.8 Å². The lowest BCUT2D eigenvalue weighted by molar-refractivity contribution is -0.180. The van der Waals surface area contributed by atoms with Crippen molar-refractivity contribution in [3.63, 3.8) is 0 Å². The average molecular weight is 374 g/mol. The van der Waals surface area contributed by atoms with Gasteiger partial charge < -0.3 is 15.3 Å². The number of hydrogen-bond donors (Lipinski definition) is 3. The molecule has 0 saturated heterocycles. The molecule has 8 atom stereocenters. The molecule has 4 aliphatic rings. The lowest BCUT2D eigenvalue weighted by atomic mass is 9.45. The van der Waals surface area contributed by atoms with Crippen molar-refractivity contribution in [2.75, 3.05) is 6.61 Å². The van der Waals surface area contributed by atoms with Crippen LogP contribution >= 0.6 is 0 Å². The summed E-state index contributed by atoms with van der Waals surface area (Å²) in [6.45, 7) is 5.48. The molecule has 3 fully saturated rings. The number of rotatable bonds is 2. The van der Waals surface area contributed by atoms with Gasteiger partial charge in [-0.15, -0.1) is 0 Å². The predicted molar refractivity (Wildman–Crippen MR) is 99.6 cm³/mol. The number of fused-ring (bicyclic) bond motifs is 5. The zero-order valence-corrected chi connectivity index (χ0v) is 16.3. The molecule has 148 valence electrons. The quantitative estimate of drug-likeness (QED) is 0.685. The average Bonchev–Trinajstić information content (AvgIpc) is 2.87. The number of ketones is 2. The standard InChI is InChI=1S/C22H30O5/c1-12-8-14-15-5-7-22(27,18(26)11-23)21(15,3)10-17(25)19(14)20(2)6-4-13(24)9-16(12)20/h4,6,9,12,14-15,17,19,23,25,27H,5,7-8,10-11H2,1-3H3/t12-,14-,15+,17-,19+,20-,21-,22-/m0/s1. The van der Waals surface area contributed by atoms with Gasteiger partial charge in [0.25, 0.3) is 0 Å². The Kier molecular flexibility index (Phi) is 4.12. The van der Waals surface area contributed by atoms with Crippen LogP contribution in [0.1, 0.15) is 46.5 Å². The molecule has 0 amide bonds. The van der Waals surface area contributed by atoms with Gasteiger partial charge in [0.1, 0.15) is 12.2 Å². The smallest absolute Gasteiger partial charge is 0.190 e. The highest BCUT2D eigenvalue weighted by Gasteiger charge is 2.68. The number of Topliss-reactive ketones (excluding diaryl/α,β-unsaturated/α-hetero) is 1. The Morgan fingerprint density at radius 3 is 2.70 bits per heavy atom. The molecule has 0 aliphatic heterocycles. The van der Waals surface area contributed by atoms with E-state index < -0.39 is 29.5 Å². The maximum absolute atomic E-state index is 12.4. The molecule has 5 heteroatoms. The van der Waals surface area contributed by atoms with Crippen molar-refractivity contribution < 1.29 is 24.9 Å². The van der Waals surface area contributed by atoms with Crippen LogP contribution in [0.5, 0.6) is 0 Å². The van der Waals surface area contributed by atoms with Crippen molar-refractivity contribution in [2.45, 2.75) is 58.2 Å². The Balaban J connectivity index is 1.78. The first-order valence-electron chi connectivity index (χ1n) is 10.1. The van der Waals surface area contributed by atoms with Crippen molar-refractivity contribution in [2.24, 2.45) is 34.5 Å². The molecule has 3 saturated carbocycles. The fourth-order valence-corrected chi connectivity index (χ4v) is 7.34. The maximum atomic E-state index is 12.4. The van der Waals surface area contributed by atoms with E-state index in [0.29, 0.717) is 12.8 Å². The first kappa shape index (κ1) is 19.0. The van der Waals surface area contributed by atoms with Gasteiger partial charge in [0, 0.05) is 16.7 Å². The van der Waals surface area contributed by atoms with E-state index in [1.165, 1.54) is 0 Å². The zero-order valence-electron chi connectivity index (χ0n) is 16.3. The summed E-state index contributed by atoms with van der Waals surface area (Å²) in [5.41, 5.74) is -1.59. The third-order valence-corrected chi connectivity index (χ3v) is 8.57. The molecular weight excluding hydrogens is 344 g/mol. The third-order valence-electron chi connectivity index (χ3n) is 8.57. The van der Waals surface area contributed by atoms with Gasteiger partial charge in [0.15, 0.2) is 11.6 Å². The van der Waals surface area contributed by atoms with Gasteiger partial charge in [0.05, 0.1) is 6.10 Å². The molecule has 0 spiro atoms. The van der Waals surface area contributed by atoms with Crippen LogP contribution in [0.15, 0.2) is 23.8 Å². The van der Waals surface area contributed by atoms with Gasteiger partial charge in [-0.1, -0.05) is 32.4 Å². The maximum Gasteiger partial charge on any atom is 0.190 e. The number of carbonyl (C=O) groups excluding carboxylic acids is 2. The van der Waals surface area contributed by atoms with Crippen LogP contribution in [0.4, 0.5) is 0 Å². The topological polar surface area (TPSA) is 94.8 Å². The molecule has 4 rings (SSSR count). The second kappa shape index (κ2) is 5.85. The fourth-order valence-electron chi connectivity index (χ4n) is 7.34. The van der Waals surface area contributed by atoms with E-state index in [0.717, 1.165) is 18.4 Å². The Morgan fingerprint density at radius 1 is 1.33 bits per heavy atom. The lowest BCUT2D eigenvalue weighted by Crippen LogP contribution is -2.62. The SMILES string of the molecule is C[C@H]1C[C@@H]2[C@H]([C@@H](O)C[C@@]3(C)[C@@H]2CC[C@]3(O)C(=O)CO)[C@@]2(C)C=CC(=O)C=C12. The van der Waals surface area contributed by atoms with Gasteiger partial charge in [-0.2, -0.15) is 0 Å². The minimum absolute atomic E-state index is 0.00620. The number of allylic oxidation sites excluding steroid dienone is 4. The summed E-state index contributed by atoms with van der Waals surface area (Å²) in [5, 5.41) is 31.9. The highest BCUT2D eigenvalue weighted by atomic mass is 16.3. The van der Waals surface area contributed by atoms with Gasteiger partial charge in [-0.25, -0.2) is 0 Å². The largest absolute Gasteiger partial charge is 0.393 e. The van der Waals surface area contributed by atoms with Crippen molar-refractivity contribution in [3.8, 4) is 0 Å². The number of carbonyl (C=O) groups is 2. The molecule has 0 aromatic heterocycles. The van der Waals surface area contributed by atoms with E-state index in [9.17, 15) is 24.9 Å². The molecular formula is C22H30O5. The summed E-state index contributed by atoms with van der Waals surface area (Å²) < 4.78 is 0. The van der Waals surface area contributed by atoms with Crippen molar-refractivity contribution in [3.05, 3.63) is 23.8 Å². The second-order valence-electron chi connectivity index (χ2n) is 9.72. The Morgan fingerprint density at radius 2 is 2.04 bits per heavy atom. The summed E-state index contributed by atoms with van der Waals surface area (Å²) in [4.78, 5) is 24.4. The lowest BCUT2D eigenvalue weighted by Gasteiger charge is -2.60. The van der Waals surface area contributed by atoms with Crippen molar-refractivity contribution >= 4 is 11.6 Å². The van der Waals surface area contributed by atoms with E-state index in [1.54, 1.807) is 12.2 Å². The summed E-state index contributed by atoms with van der Waals surface area (Å²) >= 11 is 0. The zero-order chi connectivity index (χ0) is 19.8. The molecule has 5 nitrogen and oxygen atoms in total. The molecule has 0 radical (unpaired) electrons. The predicted octanol–water partition coefficient (Wildman–Crippen LogP) is 1.80. The summed E-state index contributed by atoms with van der Waals surface area (Å²) in [6.07, 6.45) is 6.87. The van der Waals surface area contributed by atoms with Crippen LogP contribution in [0.25, 0.3) is 0 Å². The van der Waals surface area contributed by atoms with E-state index in [1.807, 2.05) is 13.0 Å². The summed E-state index contributed by atoms with van der Waals surface area (Å²) in [7, 11) is 0. The third kappa shape index (κ3) is 2.28. The first-order valence-corrected chi connectivity index (χ1v) is 10.1. The minimum atomic E-state index is -1.57. The molecule has 0 unspecified atom stereocenters. The molecule has 27 heavy (non-hydrogen) atoms. The minimum Gasteiger partial charge on any atom is -0.393 e. The highest BCUT2D eigenvalue weighted by molar-refractivity contribution is 6.01. The number of aliphatic hydroxyl groups is 3. The first-order chi connectivity index (χ1) is 12.6. The van der Waals surface area contributed by atoms with Crippen molar-refractivity contribution in [1.29, 1.82) is 0 Å². The van der Waals surface area contributed by atoms with Crippen LogP contribution in [0, 0.1) is 34.5 Å². The van der Waals surface area contributed by atoms with Gasteiger partial charge in [0.2, 0.25) is 0 Å². The van der Waals surface area contributed by atoms with E-state index >= 15 is 0 Å². The van der Waals surface area contributed by atoms with Gasteiger partial charge in [-0.05, 0) is 55.6 Å². The molecule has 0 bridgehead atoms. The van der Waals surface area contributed by atoms with Crippen LogP contribution in [0.3, 0.4) is 0 Å². The highest BCUT2D eigenvalue weighted by Crippen LogP contribution is 2.67. The van der Waals surface area contributed by atoms with Gasteiger partial charge >= 0.3 is 0 Å². The monoisotopic (exact) mass is 374 g/mol.